The summed E-state index contributed by atoms with van der Waals surface area (Å²) in [6.45, 7) is 4.12. The molecule has 8 heteroatoms. The number of hydrogen-bond donors (Lipinski definition) is 1. The van der Waals surface area contributed by atoms with Gasteiger partial charge in [0.1, 0.15) is 0 Å². The van der Waals surface area contributed by atoms with Gasteiger partial charge in [-0.2, -0.15) is 0 Å². The molecular weight excluding hydrogens is 434 g/mol. The Morgan fingerprint density at radius 3 is 2.71 bits per heavy atom. The number of nitrogens with one attached hydrogen (secondary N) is 1. The van der Waals surface area contributed by atoms with Crippen molar-refractivity contribution in [1.82, 2.24) is 9.55 Å². The average Bonchev–Trinajstić information content (AvgIpc) is 2.74. The highest BCUT2D eigenvalue weighted by atomic mass is 35.5. The average molecular weight is 458 g/mol. The standard InChI is InChI=1S/C23H24ClN3O3S/c1-3-4-5-11-27-22(30)19-10-9-17(24)13-20(19)26-23(27)31-14-21(29)25-18-8-6-7-16(12-18)15(2)28/h6-10,12-13H,3-5,11,14H2,1-2H3,(H,25,29). The molecule has 0 radical (unpaired) electrons. The normalized spacial score (nSPS) is 10.9. The summed E-state index contributed by atoms with van der Waals surface area (Å²) in [6, 6.07) is 11.8. The zero-order valence-electron chi connectivity index (χ0n) is 17.5. The van der Waals surface area contributed by atoms with Crippen molar-refractivity contribution in [1.29, 1.82) is 0 Å². The van der Waals surface area contributed by atoms with Crippen LogP contribution in [0, 0.1) is 0 Å². The van der Waals surface area contributed by atoms with E-state index in [-0.39, 0.29) is 23.0 Å². The number of aromatic nitrogens is 2. The van der Waals surface area contributed by atoms with Gasteiger partial charge in [0.05, 0.1) is 16.7 Å². The summed E-state index contributed by atoms with van der Waals surface area (Å²) in [6.07, 6.45) is 2.90. The number of halogens is 1. The molecule has 0 aliphatic carbocycles. The fourth-order valence-electron chi connectivity index (χ4n) is 3.14. The van der Waals surface area contributed by atoms with Gasteiger partial charge in [-0.25, -0.2) is 4.98 Å². The molecule has 0 aliphatic heterocycles. The van der Waals surface area contributed by atoms with Gasteiger partial charge in [-0.05, 0) is 43.7 Å². The minimum atomic E-state index is -0.244. The molecular formula is C23H24ClN3O3S. The lowest BCUT2D eigenvalue weighted by Gasteiger charge is -2.13. The Kier molecular flexibility index (Phi) is 7.87. The Bertz CT molecular complexity index is 1180. The first-order valence-corrected chi connectivity index (χ1v) is 11.5. The number of anilines is 1. The lowest BCUT2D eigenvalue weighted by Crippen LogP contribution is -2.24. The van der Waals surface area contributed by atoms with Gasteiger partial charge < -0.3 is 5.32 Å². The predicted molar refractivity (Wildman–Crippen MR) is 126 cm³/mol. The maximum atomic E-state index is 13.0. The summed E-state index contributed by atoms with van der Waals surface area (Å²) in [5.74, 6) is -0.233. The Balaban J connectivity index is 1.81. The van der Waals surface area contributed by atoms with Crippen LogP contribution in [0.2, 0.25) is 5.02 Å². The number of ketones is 1. The van der Waals surface area contributed by atoms with Crippen molar-refractivity contribution in [3.8, 4) is 0 Å². The van der Waals surface area contributed by atoms with Crippen molar-refractivity contribution in [2.45, 2.75) is 44.8 Å². The van der Waals surface area contributed by atoms with Gasteiger partial charge in [0.2, 0.25) is 5.91 Å². The molecule has 0 saturated heterocycles. The Labute approximate surface area is 190 Å². The number of carbonyl (C=O) groups is 2. The number of fused-ring (bicyclic) bond motifs is 1. The quantitative estimate of drug-likeness (QED) is 0.207. The van der Waals surface area contributed by atoms with Crippen molar-refractivity contribution >= 4 is 51.6 Å². The first kappa shape index (κ1) is 23.0. The Hall–Kier alpha value is -2.64. The molecule has 1 amide bonds. The molecule has 1 aromatic heterocycles. The van der Waals surface area contributed by atoms with Crippen LogP contribution < -0.4 is 10.9 Å². The highest BCUT2D eigenvalue weighted by Gasteiger charge is 2.14. The number of rotatable bonds is 9. The molecule has 0 unspecified atom stereocenters. The van der Waals surface area contributed by atoms with Crippen molar-refractivity contribution < 1.29 is 9.59 Å². The third-order valence-corrected chi connectivity index (χ3v) is 5.96. The highest BCUT2D eigenvalue weighted by Crippen LogP contribution is 2.21. The SMILES string of the molecule is CCCCCn1c(SCC(=O)Nc2cccc(C(C)=O)c2)nc2cc(Cl)ccc2c1=O. The molecule has 6 nitrogen and oxygen atoms in total. The summed E-state index contributed by atoms with van der Waals surface area (Å²) in [5.41, 5.74) is 1.47. The van der Waals surface area contributed by atoms with E-state index in [4.69, 9.17) is 11.6 Å². The number of carbonyl (C=O) groups excluding carboxylic acids is 2. The third-order valence-electron chi connectivity index (χ3n) is 4.75. The van der Waals surface area contributed by atoms with Crippen LogP contribution >= 0.6 is 23.4 Å². The first-order chi connectivity index (χ1) is 14.9. The molecule has 0 aliphatic rings. The topological polar surface area (TPSA) is 81.1 Å². The van der Waals surface area contributed by atoms with Crippen LogP contribution in [0.3, 0.4) is 0 Å². The fourth-order valence-corrected chi connectivity index (χ4v) is 4.14. The monoisotopic (exact) mass is 457 g/mol. The van der Waals surface area contributed by atoms with Crippen LogP contribution in [0.15, 0.2) is 52.4 Å². The molecule has 0 fully saturated rings. The summed E-state index contributed by atoms with van der Waals surface area (Å²) >= 11 is 7.28. The molecule has 31 heavy (non-hydrogen) atoms. The van der Waals surface area contributed by atoms with E-state index in [9.17, 15) is 14.4 Å². The number of Topliss-reactive ketones (excluding diaryl/α,β-unsaturated/α-hetero) is 1. The van der Waals surface area contributed by atoms with E-state index < -0.39 is 0 Å². The van der Waals surface area contributed by atoms with E-state index in [1.54, 1.807) is 47.0 Å². The third kappa shape index (κ3) is 5.95. The number of hydrogen-bond acceptors (Lipinski definition) is 5. The van der Waals surface area contributed by atoms with Crippen molar-refractivity contribution in [3.63, 3.8) is 0 Å². The van der Waals surface area contributed by atoms with Crippen molar-refractivity contribution in [3.05, 3.63) is 63.4 Å². The molecule has 0 bridgehead atoms. The minimum absolute atomic E-state index is 0.0689. The zero-order chi connectivity index (χ0) is 22.4. The molecule has 162 valence electrons. The second-order valence-electron chi connectivity index (χ2n) is 7.19. The van der Waals surface area contributed by atoms with Gasteiger partial charge in [0.25, 0.3) is 5.56 Å². The van der Waals surface area contributed by atoms with Gasteiger partial charge in [-0.15, -0.1) is 0 Å². The van der Waals surface area contributed by atoms with Gasteiger partial charge in [0, 0.05) is 22.8 Å². The Morgan fingerprint density at radius 2 is 1.97 bits per heavy atom. The molecule has 2 aromatic carbocycles. The molecule has 0 saturated carbocycles. The van der Waals surface area contributed by atoms with E-state index in [1.807, 2.05) is 0 Å². The van der Waals surface area contributed by atoms with E-state index >= 15 is 0 Å². The Morgan fingerprint density at radius 1 is 1.16 bits per heavy atom. The smallest absolute Gasteiger partial charge is 0.262 e. The first-order valence-electron chi connectivity index (χ1n) is 10.1. The van der Waals surface area contributed by atoms with Crippen molar-refractivity contribution in [2.75, 3.05) is 11.1 Å². The molecule has 0 spiro atoms. The van der Waals surface area contributed by atoms with Crippen molar-refractivity contribution in [2.24, 2.45) is 0 Å². The summed E-state index contributed by atoms with van der Waals surface area (Å²) in [7, 11) is 0. The summed E-state index contributed by atoms with van der Waals surface area (Å²) in [5, 5.41) is 4.29. The zero-order valence-corrected chi connectivity index (χ0v) is 19.1. The molecule has 3 aromatic rings. The number of benzene rings is 2. The lowest BCUT2D eigenvalue weighted by molar-refractivity contribution is -0.113. The number of unbranched alkanes of at least 4 members (excludes halogenated alkanes) is 2. The van der Waals surface area contributed by atoms with Gasteiger partial charge in [-0.1, -0.05) is 55.3 Å². The van der Waals surface area contributed by atoms with E-state index in [1.165, 1.54) is 18.7 Å². The van der Waals surface area contributed by atoms with E-state index in [0.29, 0.717) is 38.9 Å². The number of amides is 1. The second-order valence-corrected chi connectivity index (χ2v) is 8.57. The second kappa shape index (κ2) is 10.6. The molecule has 0 atom stereocenters. The van der Waals surface area contributed by atoms with Gasteiger partial charge >= 0.3 is 0 Å². The predicted octanol–water partition coefficient (Wildman–Crippen LogP) is 5.17. The summed E-state index contributed by atoms with van der Waals surface area (Å²) < 4.78 is 1.64. The molecule has 1 N–H and O–H groups in total. The largest absolute Gasteiger partial charge is 0.325 e. The van der Waals surface area contributed by atoms with E-state index in [2.05, 4.69) is 17.2 Å². The number of thioether (sulfide) groups is 1. The number of nitrogens with zero attached hydrogens (tertiary/aromatic N) is 2. The fraction of sp³-hybridized carbons (Fsp3) is 0.304. The van der Waals surface area contributed by atoms with Crippen LogP contribution in [-0.2, 0) is 11.3 Å². The highest BCUT2D eigenvalue weighted by molar-refractivity contribution is 7.99. The van der Waals surface area contributed by atoms with Crippen LogP contribution in [-0.4, -0.2) is 27.0 Å². The maximum absolute atomic E-state index is 13.0. The van der Waals surface area contributed by atoms with Crippen LogP contribution in [0.1, 0.15) is 43.5 Å². The molecule has 1 heterocycles. The minimum Gasteiger partial charge on any atom is -0.325 e. The van der Waals surface area contributed by atoms with Gasteiger partial charge in [-0.3, -0.25) is 19.0 Å². The lowest BCUT2D eigenvalue weighted by atomic mass is 10.1. The molecule has 3 rings (SSSR count). The van der Waals surface area contributed by atoms with Crippen LogP contribution in [0.25, 0.3) is 10.9 Å². The van der Waals surface area contributed by atoms with Crippen LogP contribution in [0.5, 0.6) is 0 Å². The van der Waals surface area contributed by atoms with Gasteiger partial charge in [0.15, 0.2) is 10.9 Å². The van der Waals surface area contributed by atoms with E-state index in [0.717, 1.165) is 19.3 Å². The van der Waals surface area contributed by atoms with Crippen LogP contribution in [0.4, 0.5) is 5.69 Å². The summed E-state index contributed by atoms with van der Waals surface area (Å²) in [4.78, 5) is 41.7. The maximum Gasteiger partial charge on any atom is 0.262 e.